The number of carbonyl (C=O) groups excluding carboxylic acids is 2. The molecule has 0 radical (unpaired) electrons. The van der Waals surface area contributed by atoms with Gasteiger partial charge in [0.05, 0.1) is 18.8 Å². The number of carbonyl (C=O) groups is 2. The lowest BCUT2D eigenvalue weighted by Gasteiger charge is -2.32. The van der Waals surface area contributed by atoms with Crippen molar-refractivity contribution in [2.24, 2.45) is 11.8 Å². The van der Waals surface area contributed by atoms with Crippen LogP contribution in [0.3, 0.4) is 0 Å². The van der Waals surface area contributed by atoms with Gasteiger partial charge < -0.3 is 20.3 Å². The summed E-state index contributed by atoms with van der Waals surface area (Å²) in [5, 5.41) is 16.1. The molecule has 230 valence electrons. The van der Waals surface area contributed by atoms with Gasteiger partial charge >= 0.3 is 0 Å². The van der Waals surface area contributed by atoms with Crippen molar-refractivity contribution in [2.45, 2.75) is 57.5 Å². The standard InChI is InChI=1S/C32H41N7O3S.H2/c40-29(24-8-9-24)35-31-28(30(41)33-19-22-6-7-22)26-18-25(10-11-27(26)43-31)39-21-34-36-32(39)38(20-23-4-2-1-3-5-23)13-12-37-14-16-42-17-15-37;/h1-5,21-22,24-25H,6-20H2,(H,33,41)(H,35,40);1H/t25-;/m1./s1. The van der Waals surface area contributed by atoms with E-state index in [0.717, 1.165) is 88.1 Å². The predicted octanol–water partition coefficient (Wildman–Crippen LogP) is 4.14. The van der Waals surface area contributed by atoms with E-state index in [1.54, 1.807) is 11.3 Å². The van der Waals surface area contributed by atoms with Crippen LogP contribution in [-0.4, -0.2) is 77.4 Å². The smallest absolute Gasteiger partial charge is 0.254 e. The quantitative estimate of drug-likeness (QED) is 0.320. The average molecular weight is 606 g/mol. The first kappa shape index (κ1) is 28.5. The molecule has 3 aromatic rings. The van der Waals surface area contributed by atoms with Crippen molar-refractivity contribution < 1.29 is 15.8 Å². The molecule has 0 unspecified atom stereocenters. The molecule has 3 aliphatic carbocycles. The summed E-state index contributed by atoms with van der Waals surface area (Å²) in [6.45, 7) is 6.65. The minimum atomic E-state index is -0.0589. The van der Waals surface area contributed by atoms with Crippen molar-refractivity contribution in [1.82, 2.24) is 25.0 Å². The van der Waals surface area contributed by atoms with Crippen molar-refractivity contribution in [3.63, 3.8) is 0 Å². The first-order valence-electron chi connectivity index (χ1n) is 15.8. The third kappa shape index (κ3) is 6.78. The molecule has 1 atom stereocenters. The maximum Gasteiger partial charge on any atom is 0.254 e. The molecule has 1 aromatic carbocycles. The number of ether oxygens (including phenoxy) is 1. The largest absolute Gasteiger partial charge is 0.379 e. The number of rotatable bonds is 12. The Labute approximate surface area is 258 Å². The van der Waals surface area contributed by atoms with Crippen molar-refractivity contribution in [2.75, 3.05) is 56.2 Å². The lowest BCUT2D eigenvalue weighted by Crippen LogP contribution is -2.42. The van der Waals surface area contributed by atoms with Crippen LogP contribution in [0.2, 0.25) is 0 Å². The second kappa shape index (κ2) is 12.8. The van der Waals surface area contributed by atoms with E-state index >= 15 is 0 Å². The molecular formula is C32H43N7O3S. The molecule has 10 nitrogen and oxygen atoms in total. The Kier molecular flexibility index (Phi) is 8.45. The average Bonchev–Trinajstić information content (AvgIpc) is 3.97. The van der Waals surface area contributed by atoms with Gasteiger partial charge in [-0.2, -0.15) is 0 Å². The van der Waals surface area contributed by atoms with Gasteiger partial charge in [-0.3, -0.25) is 19.1 Å². The summed E-state index contributed by atoms with van der Waals surface area (Å²) in [5.41, 5.74) is 2.97. The second-order valence-electron chi connectivity index (χ2n) is 12.4. The molecule has 0 bridgehead atoms. The summed E-state index contributed by atoms with van der Waals surface area (Å²) in [6.07, 6.45) is 8.58. The molecule has 3 fully saturated rings. The predicted molar refractivity (Wildman–Crippen MR) is 169 cm³/mol. The van der Waals surface area contributed by atoms with Crippen LogP contribution in [0, 0.1) is 11.8 Å². The topological polar surface area (TPSA) is 105 Å². The third-order valence-electron chi connectivity index (χ3n) is 9.13. The Bertz CT molecular complexity index is 1430. The molecule has 3 heterocycles. The summed E-state index contributed by atoms with van der Waals surface area (Å²) in [7, 11) is 0. The molecule has 0 spiro atoms. The van der Waals surface area contributed by atoms with E-state index in [2.05, 4.69) is 59.5 Å². The Morgan fingerprint density at radius 2 is 1.91 bits per heavy atom. The molecule has 2 amide bonds. The van der Waals surface area contributed by atoms with Crippen LogP contribution in [0.15, 0.2) is 36.7 Å². The van der Waals surface area contributed by atoms with Crippen LogP contribution < -0.4 is 15.5 Å². The van der Waals surface area contributed by atoms with Crippen LogP contribution in [0.4, 0.5) is 10.9 Å². The van der Waals surface area contributed by atoms with Crippen molar-refractivity contribution in [1.29, 1.82) is 0 Å². The minimum Gasteiger partial charge on any atom is -0.379 e. The Morgan fingerprint density at radius 3 is 2.67 bits per heavy atom. The number of nitrogens with zero attached hydrogens (tertiary/aromatic N) is 5. The number of aryl methyl sites for hydroxylation is 1. The number of morpholine rings is 1. The van der Waals surface area contributed by atoms with E-state index in [9.17, 15) is 9.59 Å². The van der Waals surface area contributed by atoms with E-state index < -0.39 is 0 Å². The van der Waals surface area contributed by atoms with Crippen LogP contribution in [-0.2, 0) is 28.9 Å². The van der Waals surface area contributed by atoms with Gasteiger partial charge in [-0.1, -0.05) is 30.3 Å². The van der Waals surface area contributed by atoms with Gasteiger partial charge in [-0.05, 0) is 62.0 Å². The fourth-order valence-corrected chi connectivity index (χ4v) is 7.44. The Morgan fingerprint density at radius 1 is 1.09 bits per heavy atom. The highest BCUT2D eigenvalue weighted by Crippen LogP contribution is 2.43. The highest BCUT2D eigenvalue weighted by Gasteiger charge is 2.35. The highest BCUT2D eigenvalue weighted by molar-refractivity contribution is 7.17. The first-order chi connectivity index (χ1) is 21.1. The zero-order chi connectivity index (χ0) is 29.2. The fraction of sp³-hybridized carbons (Fsp3) is 0.562. The summed E-state index contributed by atoms with van der Waals surface area (Å²) < 4.78 is 7.78. The SMILES string of the molecule is O=C(NCC1CC1)c1c(NC(=O)C2CC2)sc2c1C[C@H](n1cnnc1N(CCN1CCOCC1)Cc1ccccc1)CC2.[HH]. The highest BCUT2D eigenvalue weighted by atomic mass is 32.1. The summed E-state index contributed by atoms with van der Waals surface area (Å²) >= 11 is 1.59. The minimum absolute atomic E-state index is 0. The molecular weight excluding hydrogens is 562 g/mol. The van der Waals surface area contributed by atoms with Crippen LogP contribution in [0.1, 0.15) is 65.9 Å². The van der Waals surface area contributed by atoms with E-state index in [1.807, 2.05) is 12.4 Å². The van der Waals surface area contributed by atoms with Gasteiger partial charge in [0, 0.05) is 57.5 Å². The van der Waals surface area contributed by atoms with Crippen molar-refractivity contribution in [3.8, 4) is 0 Å². The van der Waals surface area contributed by atoms with Crippen molar-refractivity contribution in [3.05, 3.63) is 58.2 Å². The zero-order valence-corrected chi connectivity index (χ0v) is 25.5. The zero-order valence-electron chi connectivity index (χ0n) is 24.7. The first-order valence-corrected chi connectivity index (χ1v) is 16.7. The van der Waals surface area contributed by atoms with Gasteiger partial charge in [-0.25, -0.2) is 0 Å². The maximum absolute atomic E-state index is 13.6. The van der Waals surface area contributed by atoms with E-state index in [1.165, 1.54) is 23.3 Å². The molecule has 4 aliphatic rings. The number of anilines is 2. The summed E-state index contributed by atoms with van der Waals surface area (Å²) in [6, 6.07) is 10.6. The number of nitrogens with one attached hydrogen (secondary N) is 2. The third-order valence-corrected chi connectivity index (χ3v) is 10.3. The Balaban J connectivity index is 0.00000343. The van der Waals surface area contributed by atoms with Gasteiger partial charge in [-0.15, -0.1) is 21.5 Å². The molecule has 11 heteroatoms. The van der Waals surface area contributed by atoms with Gasteiger partial charge in [0.1, 0.15) is 11.3 Å². The fourth-order valence-electron chi connectivity index (χ4n) is 6.20. The van der Waals surface area contributed by atoms with Crippen LogP contribution in [0.5, 0.6) is 0 Å². The van der Waals surface area contributed by atoms with E-state index in [-0.39, 0.29) is 25.2 Å². The lowest BCUT2D eigenvalue weighted by molar-refractivity contribution is -0.117. The molecule has 2 N–H and O–H groups in total. The molecule has 1 saturated heterocycles. The maximum atomic E-state index is 13.6. The Hall–Kier alpha value is -3.28. The normalized spacial score (nSPS) is 20.4. The molecule has 2 aromatic heterocycles. The summed E-state index contributed by atoms with van der Waals surface area (Å²) in [5.74, 6) is 1.52. The molecule has 43 heavy (non-hydrogen) atoms. The number of hydrogen-bond donors (Lipinski definition) is 2. The van der Waals surface area contributed by atoms with E-state index in [0.29, 0.717) is 24.4 Å². The monoisotopic (exact) mass is 605 g/mol. The summed E-state index contributed by atoms with van der Waals surface area (Å²) in [4.78, 5) is 32.4. The number of aromatic nitrogens is 3. The van der Waals surface area contributed by atoms with Crippen molar-refractivity contribution >= 4 is 34.1 Å². The van der Waals surface area contributed by atoms with Gasteiger partial charge in [0.2, 0.25) is 11.9 Å². The number of thiophene rings is 1. The molecule has 1 aliphatic heterocycles. The van der Waals surface area contributed by atoms with Gasteiger partial charge in [0.25, 0.3) is 5.91 Å². The second-order valence-corrected chi connectivity index (χ2v) is 13.5. The van der Waals surface area contributed by atoms with Crippen LogP contribution >= 0.6 is 11.3 Å². The molecule has 7 rings (SSSR count). The molecule has 2 saturated carbocycles. The number of amides is 2. The lowest BCUT2D eigenvalue weighted by atomic mass is 9.91. The van der Waals surface area contributed by atoms with E-state index in [4.69, 9.17) is 4.74 Å². The van der Waals surface area contributed by atoms with Crippen LogP contribution in [0.25, 0.3) is 0 Å². The number of benzene rings is 1. The number of fused-ring (bicyclic) bond motifs is 1. The number of hydrogen-bond acceptors (Lipinski definition) is 8. The van der Waals surface area contributed by atoms with Gasteiger partial charge in [0.15, 0.2) is 0 Å².